The topological polar surface area (TPSA) is 49.8 Å². The number of nitrogens with two attached hydrogens (primary N) is 1. The van der Waals surface area contributed by atoms with Crippen molar-refractivity contribution in [1.29, 1.82) is 0 Å². The lowest BCUT2D eigenvalue weighted by molar-refractivity contribution is -0.683. The molecule has 0 radical (unpaired) electrons. The van der Waals surface area contributed by atoms with Gasteiger partial charge in [-0.05, 0) is 44.0 Å². The number of piperidine rings is 1. The maximum Gasteiger partial charge on any atom is 0.277 e. The highest BCUT2D eigenvalue weighted by molar-refractivity contribution is 7.18. The van der Waals surface area contributed by atoms with E-state index in [2.05, 4.69) is 30.4 Å². The van der Waals surface area contributed by atoms with Gasteiger partial charge in [0, 0.05) is 29.6 Å². The Morgan fingerprint density at radius 1 is 1.29 bits per heavy atom. The van der Waals surface area contributed by atoms with E-state index in [9.17, 15) is 4.79 Å². The van der Waals surface area contributed by atoms with Crippen LogP contribution in [-0.4, -0.2) is 35.4 Å². The molecule has 0 saturated carbocycles. The number of benzene rings is 2. The number of para-hydroxylation sites is 1. The van der Waals surface area contributed by atoms with Crippen LogP contribution in [0.1, 0.15) is 42.3 Å². The lowest BCUT2D eigenvalue weighted by Gasteiger charge is -2.31. The molecule has 0 unspecified atom stereocenters. The highest BCUT2D eigenvalue weighted by Crippen LogP contribution is 2.32. The molecular weight excluding hydrogens is 390 g/mol. The van der Waals surface area contributed by atoms with Crippen molar-refractivity contribution in [2.45, 2.75) is 31.7 Å². The molecule has 1 amide bonds. The highest BCUT2D eigenvalue weighted by Gasteiger charge is 2.27. The Labute approximate surface area is 174 Å². The van der Waals surface area contributed by atoms with E-state index >= 15 is 0 Å². The first-order valence-electron chi connectivity index (χ1n) is 9.82. The standard InChI is InChI=1S/C22H24ClN3OS/c1-15(16-8-10-18(23)11-9-16)24-13-21(27)26-12-4-5-17(14-26)22-25-19-6-2-3-7-20(19)28-22/h2-3,6-11,15,17,24H,4-5,12-14H2,1H3/p+1/t15-,17-/m0/s1. The number of aromatic nitrogens is 1. The minimum absolute atomic E-state index is 0.214. The van der Waals surface area contributed by atoms with Crippen molar-refractivity contribution < 1.29 is 10.1 Å². The molecule has 6 heteroatoms. The van der Waals surface area contributed by atoms with Gasteiger partial charge in [0.2, 0.25) is 0 Å². The van der Waals surface area contributed by atoms with Crippen molar-refractivity contribution in [2.24, 2.45) is 0 Å². The quantitative estimate of drug-likeness (QED) is 0.686. The van der Waals surface area contributed by atoms with Gasteiger partial charge < -0.3 is 10.2 Å². The van der Waals surface area contributed by atoms with Gasteiger partial charge >= 0.3 is 0 Å². The molecule has 0 spiro atoms. The summed E-state index contributed by atoms with van der Waals surface area (Å²) in [5.74, 6) is 0.565. The fraction of sp³-hybridized carbons (Fsp3) is 0.364. The number of likely N-dealkylation sites (tertiary alicyclic amines) is 1. The van der Waals surface area contributed by atoms with Gasteiger partial charge in [0.15, 0.2) is 6.54 Å². The lowest BCUT2D eigenvalue weighted by atomic mass is 9.98. The molecule has 1 aromatic heterocycles. The smallest absolute Gasteiger partial charge is 0.277 e. The number of fused-ring (bicyclic) bond motifs is 1. The summed E-state index contributed by atoms with van der Waals surface area (Å²) in [7, 11) is 0. The Morgan fingerprint density at radius 2 is 2.07 bits per heavy atom. The SMILES string of the molecule is C[C@H]([NH2+]CC(=O)N1CCC[C@H](c2nc3ccccc3s2)C1)c1ccc(Cl)cc1. The number of halogens is 1. The molecule has 1 saturated heterocycles. The second kappa shape index (κ2) is 8.60. The summed E-state index contributed by atoms with van der Waals surface area (Å²) < 4.78 is 1.23. The van der Waals surface area contributed by atoms with Gasteiger partial charge in [-0.2, -0.15) is 0 Å². The van der Waals surface area contributed by atoms with Gasteiger partial charge in [0.1, 0.15) is 6.04 Å². The molecule has 4 rings (SSSR count). The zero-order valence-corrected chi connectivity index (χ0v) is 17.5. The van der Waals surface area contributed by atoms with E-state index in [0.29, 0.717) is 12.5 Å². The number of thiazole rings is 1. The minimum Gasteiger partial charge on any atom is -0.337 e. The molecule has 1 aliphatic rings. The van der Waals surface area contributed by atoms with Gasteiger partial charge in [-0.1, -0.05) is 35.9 Å². The summed E-state index contributed by atoms with van der Waals surface area (Å²) in [4.78, 5) is 19.6. The zero-order chi connectivity index (χ0) is 19.5. The molecule has 2 aromatic carbocycles. The van der Waals surface area contributed by atoms with Crippen LogP contribution in [0, 0.1) is 0 Å². The highest BCUT2D eigenvalue weighted by atomic mass is 35.5. The molecule has 1 fully saturated rings. The number of amides is 1. The van der Waals surface area contributed by atoms with E-state index < -0.39 is 0 Å². The first-order chi connectivity index (χ1) is 13.6. The number of carbonyl (C=O) groups excluding carboxylic acids is 1. The van der Waals surface area contributed by atoms with Crippen molar-refractivity contribution >= 4 is 39.1 Å². The fourth-order valence-electron chi connectivity index (χ4n) is 3.78. The number of nitrogens with zero attached hydrogens (tertiary/aromatic N) is 2. The van der Waals surface area contributed by atoms with Crippen molar-refractivity contribution in [2.75, 3.05) is 19.6 Å². The number of carbonyl (C=O) groups is 1. The molecule has 1 aliphatic heterocycles. The normalized spacial score (nSPS) is 18.4. The third-order valence-corrected chi connectivity index (χ3v) is 6.93. The van der Waals surface area contributed by atoms with Crippen molar-refractivity contribution in [1.82, 2.24) is 9.88 Å². The molecular formula is C22H25ClN3OS+. The average molecular weight is 415 g/mol. The van der Waals surface area contributed by atoms with Crippen LogP contribution >= 0.6 is 22.9 Å². The summed E-state index contributed by atoms with van der Waals surface area (Å²) in [6.07, 6.45) is 2.15. The molecule has 0 bridgehead atoms. The molecule has 4 nitrogen and oxygen atoms in total. The summed E-state index contributed by atoms with van der Waals surface area (Å²) in [6, 6.07) is 16.3. The summed E-state index contributed by atoms with van der Waals surface area (Å²) in [6.45, 7) is 4.22. The van der Waals surface area contributed by atoms with Crippen LogP contribution in [-0.2, 0) is 4.79 Å². The third kappa shape index (κ3) is 4.37. The molecule has 146 valence electrons. The largest absolute Gasteiger partial charge is 0.337 e. The fourth-order valence-corrected chi connectivity index (χ4v) is 5.00. The van der Waals surface area contributed by atoms with Gasteiger partial charge in [-0.3, -0.25) is 4.79 Å². The van der Waals surface area contributed by atoms with Gasteiger partial charge in [-0.25, -0.2) is 4.98 Å². The maximum absolute atomic E-state index is 12.8. The predicted molar refractivity (Wildman–Crippen MR) is 115 cm³/mol. The molecule has 2 heterocycles. The Balaban J connectivity index is 1.35. The van der Waals surface area contributed by atoms with Crippen LogP contribution in [0.3, 0.4) is 0 Å². The van der Waals surface area contributed by atoms with Gasteiger partial charge in [0.05, 0.1) is 15.2 Å². The second-order valence-electron chi connectivity index (χ2n) is 7.48. The third-order valence-electron chi connectivity index (χ3n) is 5.48. The Kier molecular flexibility index (Phi) is 5.95. The van der Waals surface area contributed by atoms with Gasteiger partial charge in [0.25, 0.3) is 5.91 Å². The average Bonchev–Trinajstić information content (AvgIpc) is 3.17. The zero-order valence-electron chi connectivity index (χ0n) is 16.0. The van der Waals surface area contributed by atoms with E-state index in [0.717, 1.165) is 41.5 Å². The van der Waals surface area contributed by atoms with Crippen LogP contribution in [0.15, 0.2) is 48.5 Å². The number of rotatable bonds is 5. The summed E-state index contributed by atoms with van der Waals surface area (Å²) in [5, 5.41) is 4.01. The first kappa shape index (κ1) is 19.4. The van der Waals surface area contributed by atoms with E-state index in [1.807, 2.05) is 35.2 Å². The van der Waals surface area contributed by atoms with Crippen LogP contribution in [0.25, 0.3) is 10.2 Å². The molecule has 2 N–H and O–H groups in total. The lowest BCUT2D eigenvalue weighted by Crippen LogP contribution is -2.87. The van der Waals surface area contributed by atoms with Crippen LogP contribution in [0.4, 0.5) is 0 Å². The van der Waals surface area contributed by atoms with E-state index in [4.69, 9.17) is 16.6 Å². The van der Waals surface area contributed by atoms with Crippen molar-refractivity contribution in [3.8, 4) is 0 Å². The monoisotopic (exact) mass is 414 g/mol. The van der Waals surface area contributed by atoms with Crippen molar-refractivity contribution in [3.05, 3.63) is 64.1 Å². The number of hydrogen-bond acceptors (Lipinski definition) is 3. The summed E-state index contributed by atoms with van der Waals surface area (Å²) in [5.41, 5.74) is 2.25. The Hall–Kier alpha value is -1.95. The summed E-state index contributed by atoms with van der Waals surface area (Å²) >= 11 is 7.73. The number of quaternary nitrogens is 1. The van der Waals surface area contributed by atoms with E-state index in [1.165, 1.54) is 10.3 Å². The Bertz CT molecular complexity index is 923. The minimum atomic E-state index is 0.214. The molecule has 3 aromatic rings. The molecule has 28 heavy (non-hydrogen) atoms. The molecule has 2 atom stereocenters. The van der Waals surface area contributed by atoms with Crippen molar-refractivity contribution in [3.63, 3.8) is 0 Å². The molecule has 0 aliphatic carbocycles. The maximum atomic E-state index is 12.8. The predicted octanol–water partition coefficient (Wildman–Crippen LogP) is 3.98. The van der Waals surface area contributed by atoms with Crippen LogP contribution in [0.2, 0.25) is 5.02 Å². The Morgan fingerprint density at radius 3 is 2.86 bits per heavy atom. The van der Waals surface area contributed by atoms with Crippen LogP contribution < -0.4 is 5.32 Å². The van der Waals surface area contributed by atoms with E-state index in [-0.39, 0.29) is 11.9 Å². The first-order valence-corrected chi connectivity index (χ1v) is 11.0. The van der Waals surface area contributed by atoms with E-state index in [1.54, 1.807) is 11.3 Å². The second-order valence-corrected chi connectivity index (χ2v) is 8.98. The number of hydrogen-bond donors (Lipinski definition) is 1. The van der Waals surface area contributed by atoms with Crippen LogP contribution in [0.5, 0.6) is 0 Å². The van der Waals surface area contributed by atoms with Gasteiger partial charge in [-0.15, -0.1) is 11.3 Å².